The van der Waals surface area contributed by atoms with Crippen LogP contribution in [0.2, 0.25) is 0 Å². The third-order valence-corrected chi connectivity index (χ3v) is 8.25. The maximum atomic E-state index is 14.1. The summed E-state index contributed by atoms with van der Waals surface area (Å²) >= 11 is 0. The van der Waals surface area contributed by atoms with E-state index in [1.165, 1.54) is 6.92 Å². The molecule has 42 heavy (non-hydrogen) atoms. The molecule has 0 saturated carbocycles. The van der Waals surface area contributed by atoms with Crippen molar-refractivity contribution < 1.29 is 37.4 Å². The Kier molecular flexibility index (Phi) is 9.69. The van der Waals surface area contributed by atoms with Crippen LogP contribution in [-0.2, 0) is 23.4 Å². The average Bonchev–Trinajstić information content (AvgIpc) is 3.29. The Morgan fingerprint density at radius 1 is 1.24 bits per heavy atom. The number of rotatable bonds is 11. The summed E-state index contributed by atoms with van der Waals surface area (Å²) in [6.45, 7) is 7.16. The molecule has 3 aromatic rings. The number of nitrogens with one attached hydrogen (secondary N) is 2. The lowest BCUT2D eigenvalue weighted by Crippen LogP contribution is -2.37. The van der Waals surface area contributed by atoms with Crippen LogP contribution in [-0.4, -0.2) is 52.1 Å². The molecule has 1 aliphatic heterocycles. The van der Waals surface area contributed by atoms with Gasteiger partial charge in [0.25, 0.3) is 5.56 Å². The summed E-state index contributed by atoms with van der Waals surface area (Å²) in [6, 6.07) is 11.3. The zero-order chi connectivity index (χ0) is 30.7. The van der Waals surface area contributed by atoms with Crippen LogP contribution < -0.4 is 20.9 Å². The van der Waals surface area contributed by atoms with Crippen molar-refractivity contribution in [1.82, 2.24) is 14.6 Å². The van der Waals surface area contributed by atoms with E-state index in [0.29, 0.717) is 18.0 Å². The number of halogens is 1. The van der Waals surface area contributed by atoms with Gasteiger partial charge in [0.2, 0.25) is 5.82 Å². The van der Waals surface area contributed by atoms with Gasteiger partial charge in [0.1, 0.15) is 24.1 Å². The lowest BCUT2D eigenvalue weighted by Gasteiger charge is -2.25. The number of H-pyrrole nitrogens is 1. The second-order valence-electron chi connectivity index (χ2n) is 11.3. The lowest BCUT2D eigenvalue weighted by atomic mass is 9.93. The van der Waals surface area contributed by atoms with Gasteiger partial charge < -0.3 is 19.1 Å². The number of aliphatic hydroxyl groups excluding tert-OH is 1. The Hall–Kier alpha value is -3.35. The molecule has 1 aliphatic rings. The van der Waals surface area contributed by atoms with Crippen LogP contribution in [0.4, 0.5) is 4.39 Å². The molecule has 0 aliphatic carbocycles. The molecule has 1 aromatic heterocycles. The predicted octanol–water partition coefficient (Wildman–Crippen LogP) is 3.64. The van der Waals surface area contributed by atoms with E-state index in [9.17, 15) is 28.4 Å². The second-order valence-corrected chi connectivity index (χ2v) is 13.0. The molecule has 1 fully saturated rings. The van der Waals surface area contributed by atoms with Gasteiger partial charge in [0.05, 0.1) is 25.5 Å². The smallest absolute Gasteiger partial charge is 0.459 e. The molecule has 2 unspecified atom stereocenters. The fraction of sp³-hybridized carbons (Fsp3) is 0.464. The molecule has 0 radical (unpaired) electrons. The van der Waals surface area contributed by atoms with Crippen LogP contribution in [0, 0.1) is 11.2 Å². The molecule has 2 heterocycles. The first-order chi connectivity index (χ1) is 19.7. The van der Waals surface area contributed by atoms with E-state index < -0.39 is 61.9 Å². The molecule has 4 rings (SSSR count). The molecule has 0 spiro atoms. The van der Waals surface area contributed by atoms with Crippen LogP contribution in [0.3, 0.4) is 0 Å². The Balaban J connectivity index is 1.52. The topological polar surface area (TPSA) is 158 Å². The van der Waals surface area contributed by atoms with Crippen molar-refractivity contribution in [3.8, 4) is 5.75 Å². The van der Waals surface area contributed by atoms with Gasteiger partial charge in [-0.05, 0) is 30.2 Å². The summed E-state index contributed by atoms with van der Waals surface area (Å²) < 4.78 is 51.3. The molecular weight excluding hydrogens is 572 g/mol. The minimum atomic E-state index is -4.33. The number of carbonyl (C=O) groups is 1. The van der Waals surface area contributed by atoms with Crippen LogP contribution in [0.25, 0.3) is 10.8 Å². The SMILES string of the molecule is C[C@H](NP(=O)(OCC1O[C@@H](n2cc(F)c(=O)[nH]c2=O)C[C@H]1O)Oc1cccc2ccccc12)C(=O)OCCC(C)(C)C. The number of nitrogens with zero attached hydrogens (tertiary/aromatic N) is 1. The van der Waals surface area contributed by atoms with E-state index in [2.05, 4.69) is 5.09 Å². The number of aromatic amines is 1. The third-order valence-electron chi connectivity index (χ3n) is 6.62. The number of hydrogen-bond acceptors (Lipinski definition) is 9. The first kappa shape index (κ1) is 31.6. The van der Waals surface area contributed by atoms with Gasteiger partial charge in [-0.25, -0.2) is 9.36 Å². The quantitative estimate of drug-likeness (QED) is 0.217. The molecule has 14 heteroatoms. The summed E-state index contributed by atoms with van der Waals surface area (Å²) in [5, 5.41) is 14.7. The van der Waals surface area contributed by atoms with Crippen molar-refractivity contribution in [2.45, 2.75) is 65.0 Å². The number of aliphatic hydroxyl groups is 1. The van der Waals surface area contributed by atoms with Gasteiger partial charge in [-0.2, -0.15) is 9.48 Å². The van der Waals surface area contributed by atoms with E-state index >= 15 is 0 Å². The second kappa shape index (κ2) is 12.9. The molecule has 5 atom stereocenters. The van der Waals surface area contributed by atoms with Crippen LogP contribution in [0.1, 0.15) is 46.8 Å². The monoisotopic (exact) mass is 607 g/mol. The number of fused-ring (bicyclic) bond motifs is 1. The van der Waals surface area contributed by atoms with E-state index in [0.717, 1.165) is 9.95 Å². The van der Waals surface area contributed by atoms with Gasteiger partial charge in [-0.1, -0.05) is 57.2 Å². The van der Waals surface area contributed by atoms with Gasteiger partial charge in [-0.3, -0.25) is 23.7 Å². The predicted molar refractivity (Wildman–Crippen MR) is 152 cm³/mol. The van der Waals surface area contributed by atoms with Gasteiger partial charge in [-0.15, -0.1) is 0 Å². The Morgan fingerprint density at radius 2 is 1.95 bits per heavy atom. The standard InChI is InChI=1S/C28H35FN3O9P/c1-17(26(35)38-13-12-28(2,3)4)31-42(37,41-22-11-7-9-18-8-5-6-10-19(18)22)39-16-23-21(33)14-24(40-23)32-15-20(29)25(34)30-27(32)36/h5-11,15,17,21,23-24,33H,12-14,16H2,1-4H3,(H,31,37)(H,30,34,36)/t17-,21+,23?,24+,42?/m0/s1. The van der Waals surface area contributed by atoms with Crippen molar-refractivity contribution in [3.63, 3.8) is 0 Å². The Labute approximate surface area is 241 Å². The molecule has 3 N–H and O–H groups in total. The van der Waals surface area contributed by atoms with E-state index in [1.807, 2.05) is 44.0 Å². The lowest BCUT2D eigenvalue weighted by molar-refractivity contribution is -0.146. The molecular formula is C28H35FN3O9P. The molecule has 0 amide bonds. The van der Waals surface area contributed by atoms with Crippen LogP contribution in [0.15, 0.2) is 58.3 Å². The largest absolute Gasteiger partial charge is 0.465 e. The maximum Gasteiger partial charge on any atom is 0.459 e. The Morgan fingerprint density at radius 3 is 2.69 bits per heavy atom. The highest BCUT2D eigenvalue weighted by molar-refractivity contribution is 7.52. The molecule has 2 aromatic carbocycles. The molecule has 228 valence electrons. The highest BCUT2D eigenvalue weighted by atomic mass is 31.2. The summed E-state index contributed by atoms with van der Waals surface area (Å²) in [5.41, 5.74) is -2.16. The minimum Gasteiger partial charge on any atom is -0.465 e. The number of carbonyl (C=O) groups excluding carboxylic acids is 1. The van der Waals surface area contributed by atoms with Gasteiger partial charge >= 0.3 is 19.4 Å². The van der Waals surface area contributed by atoms with E-state index in [-0.39, 0.29) is 24.2 Å². The fourth-order valence-corrected chi connectivity index (χ4v) is 5.77. The number of esters is 1. The van der Waals surface area contributed by atoms with Crippen molar-refractivity contribution in [3.05, 3.63) is 75.3 Å². The van der Waals surface area contributed by atoms with E-state index in [1.54, 1.807) is 24.3 Å². The average molecular weight is 608 g/mol. The molecule has 0 bridgehead atoms. The summed E-state index contributed by atoms with van der Waals surface area (Å²) in [4.78, 5) is 38.1. The van der Waals surface area contributed by atoms with Crippen molar-refractivity contribution in [2.24, 2.45) is 5.41 Å². The van der Waals surface area contributed by atoms with Crippen molar-refractivity contribution in [1.29, 1.82) is 0 Å². The highest BCUT2D eigenvalue weighted by Crippen LogP contribution is 2.47. The third kappa shape index (κ3) is 7.93. The van der Waals surface area contributed by atoms with Gasteiger partial charge in [0, 0.05) is 11.8 Å². The van der Waals surface area contributed by atoms with Gasteiger partial charge in [0.15, 0.2) is 0 Å². The minimum absolute atomic E-state index is 0.0568. The Bertz CT molecular complexity index is 1580. The number of benzene rings is 2. The first-order valence-corrected chi connectivity index (χ1v) is 15.0. The fourth-order valence-electron chi connectivity index (χ4n) is 4.25. The van der Waals surface area contributed by atoms with Crippen molar-refractivity contribution >= 4 is 24.5 Å². The molecule has 12 nitrogen and oxygen atoms in total. The summed E-state index contributed by atoms with van der Waals surface area (Å²) in [7, 11) is -4.33. The van der Waals surface area contributed by atoms with Crippen LogP contribution >= 0.6 is 7.75 Å². The number of aromatic nitrogens is 2. The summed E-state index contributed by atoms with van der Waals surface area (Å²) in [6.07, 6.45) is -2.29. The maximum absolute atomic E-state index is 14.1. The zero-order valence-corrected chi connectivity index (χ0v) is 24.6. The van der Waals surface area contributed by atoms with E-state index in [4.69, 9.17) is 18.5 Å². The van der Waals surface area contributed by atoms with Crippen LogP contribution in [0.5, 0.6) is 5.75 Å². The molecule has 1 saturated heterocycles. The number of ether oxygens (including phenoxy) is 2. The highest BCUT2D eigenvalue weighted by Gasteiger charge is 2.40. The summed E-state index contributed by atoms with van der Waals surface area (Å²) in [5.74, 6) is -1.65. The zero-order valence-electron chi connectivity index (χ0n) is 23.7. The first-order valence-electron chi connectivity index (χ1n) is 13.5. The number of hydrogen-bond donors (Lipinski definition) is 3. The normalized spacial score (nSPS) is 21.1. The van der Waals surface area contributed by atoms with Crippen molar-refractivity contribution in [2.75, 3.05) is 13.2 Å².